The van der Waals surface area contributed by atoms with E-state index in [9.17, 15) is 14.7 Å². The van der Waals surface area contributed by atoms with Crippen LogP contribution in [0, 0.1) is 5.92 Å². The molecule has 7 nitrogen and oxygen atoms in total. The lowest BCUT2D eigenvalue weighted by Crippen LogP contribution is -2.56. The quantitative estimate of drug-likeness (QED) is 0.850. The lowest BCUT2D eigenvalue weighted by Gasteiger charge is -2.36. The highest BCUT2D eigenvalue weighted by atomic mass is 35.5. The second-order valence-electron chi connectivity index (χ2n) is 7.08. The molecular formula is C17H23ClN4O3. The van der Waals surface area contributed by atoms with Gasteiger partial charge in [-0.2, -0.15) is 0 Å². The van der Waals surface area contributed by atoms with Gasteiger partial charge < -0.3 is 15.3 Å². The summed E-state index contributed by atoms with van der Waals surface area (Å²) >= 11 is 6.11. The predicted molar refractivity (Wildman–Crippen MR) is 94.0 cm³/mol. The maximum absolute atomic E-state index is 12.7. The number of carboxylic acid groups (broad SMARTS) is 1. The molecule has 0 spiro atoms. The van der Waals surface area contributed by atoms with E-state index in [1.54, 1.807) is 0 Å². The molecule has 136 valence electrons. The topological polar surface area (TPSA) is 95.4 Å². The summed E-state index contributed by atoms with van der Waals surface area (Å²) in [5, 5.41) is 12.5. The van der Waals surface area contributed by atoms with Gasteiger partial charge in [-0.15, -0.1) is 0 Å². The van der Waals surface area contributed by atoms with Gasteiger partial charge in [0, 0.05) is 13.1 Å². The normalized spacial score (nSPS) is 26.5. The number of rotatable bonds is 4. The van der Waals surface area contributed by atoms with Gasteiger partial charge in [0.2, 0.25) is 5.95 Å². The number of aromatic nitrogens is 2. The number of carboxylic acids is 1. The van der Waals surface area contributed by atoms with Crippen molar-refractivity contribution in [3.05, 3.63) is 16.9 Å². The molecule has 0 atom stereocenters. The molecule has 2 heterocycles. The number of anilines is 1. The SMILES string of the molecule is CC1CCC(NC(=O)c2nc(N3CCCC3)ncc2Cl)(C(=O)O)CC1. The molecule has 1 aromatic heterocycles. The zero-order chi connectivity index (χ0) is 18.0. The average molecular weight is 367 g/mol. The van der Waals surface area contributed by atoms with E-state index >= 15 is 0 Å². The van der Waals surface area contributed by atoms with Crippen LogP contribution in [0.1, 0.15) is 55.9 Å². The third-order valence-electron chi connectivity index (χ3n) is 5.23. The fraction of sp³-hybridized carbons (Fsp3) is 0.647. The van der Waals surface area contributed by atoms with Crippen molar-refractivity contribution < 1.29 is 14.7 Å². The Balaban J connectivity index is 1.82. The van der Waals surface area contributed by atoms with Crippen molar-refractivity contribution in [3.63, 3.8) is 0 Å². The molecule has 25 heavy (non-hydrogen) atoms. The minimum absolute atomic E-state index is 0.0396. The number of halogens is 1. The molecule has 0 bridgehead atoms. The van der Waals surface area contributed by atoms with E-state index < -0.39 is 17.4 Å². The fourth-order valence-corrected chi connectivity index (χ4v) is 3.69. The zero-order valence-corrected chi connectivity index (χ0v) is 15.1. The number of carbonyl (C=O) groups excluding carboxylic acids is 1. The Bertz CT molecular complexity index is 668. The van der Waals surface area contributed by atoms with Crippen LogP contribution in [0.4, 0.5) is 5.95 Å². The second-order valence-corrected chi connectivity index (χ2v) is 7.49. The van der Waals surface area contributed by atoms with Crippen molar-refractivity contribution >= 4 is 29.4 Å². The number of nitrogens with one attached hydrogen (secondary N) is 1. The number of nitrogens with zero attached hydrogens (tertiary/aromatic N) is 3. The molecule has 1 amide bonds. The first kappa shape index (κ1) is 17.9. The van der Waals surface area contributed by atoms with E-state index in [2.05, 4.69) is 22.2 Å². The van der Waals surface area contributed by atoms with Crippen LogP contribution in [0.2, 0.25) is 5.02 Å². The standard InChI is InChI=1S/C17H23ClN4O3/c1-11-4-6-17(7-5-11,15(24)25)21-14(23)13-12(18)10-19-16(20-13)22-8-2-3-9-22/h10-11H,2-9H2,1H3,(H,21,23)(H,24,25). The molecule has 3 rings (SSSR count). The van der Waals surface area contributed by atoms with Gasteiger partial charge in [0.05, 0.1) is 11.2 Å². The van der Waals surface area contributed by atoms with Crippen LogP contribution in [0.3, 0.4) is 0 Å². The Labute approximate surface area is 151 Å². The largest absolute Gasteiger partial charge is 0.480 e. The van der Waals surface area contributed by atoms with Gasteiger partial charge in [-0.1, -0.05) is 18.5 Å². The second kappa shape index (κ2) is 7.15. The Morgan fingerprint density at radius 3 is 2.56 bits per heavy atom. The summed E-state index contributed by atoms with van der Waals surface area (Å²) in [4.78, 5) is 35.1. The average Bonchev–Trinajstić information content (AvgIpc) is 3.12. The zero-order valence-electron chi connectivity index (χ0n) is 14.3. The fourth-order valence-electron chi connectivity index (χ4n) is 3.51. The molecule has 1 aromatic rings. The van der Waals surface area contributed by atoms with E-state index in [1.165, 1.54) is 6.20 Å². The highest BCUT2D eigenvalue weighted by Gasteiger charge is 2.43. The van der Waals surface area contributed by atoms with E-state index in [0.717, 1.165) is 38.8 Å². The van der Waals surface area contributed by atoms with Crippen molar-refractivity contribution in [2.45, 2.75) is 51.0 Å². The van der Waals surface area contributed by atoms with Crippen LogP contribution in [0.5, 0.6) is 0 Å². The van der Waals surface area contributed by atoms with Crippen LogP contribution >= 0.6 is 11.6 Å². The lowest BCUT2D eigenvalue weighted by atomic mass is 9.77. The molecule has 1 aliphatic carbocycles. The first-order chi connectivity index (χ1) is 11.9. The van der Waals surface area contributed by atoms with Crippen LogP contribution in [-0.2, 0) is 4.79 Å². The molecule has 1 aliphatic heterocycles. The molecule has 0 unspecified atom stereocenters. The summed E-state index contributed by atoms with van der Waals surface area (Å²) in [6.45, 7) is 3.79. The number of amides is 1. The van der Waals surface area contributed by atoms with Crippen molar-refractivity contribution in [2.75, 3.05) is 18.0 Å². The van der Waals surface area contributed by atoms with Crippen molar-refractivity contribution in [2.24, 2.45) is 5.92 Å². The van der Waals surface area contributed by atoms with Gasteiger partial charge in [0.15, 0.2) is 5.69 Å². The van der Waals surface area contributed by atoms with Crippen LogP contribution in [-0.4, -0.2) is 45.6 Å². The summed E-state index contributed by atoms with van der Waals surface area (Å²) < 4.78 is 0. The molecule has 1 saturated carbocycles. The van der Waals surface area contributed by atoms with Crippen LogP contribution in [0.25, 0.3) is 0 Å². The Morgan fingerprint density at radius 2 is 1.96 bits per heavy atom. The third kappa shape index (κ3) is 3.71. The molecule has 2 aliphatic rings. The first-order valence-corrected chi connectivity index (χ1v) is 9.12. The molecule has 2 fully saturated rings. The summed E-state index contributed by atoms with van der Waals surface area (Å²) in [5.41, 5.74) is -1.20. The van der Waals surface area contributed by atoms with Gasteiger partial charge in [-0.05, 0) is 44.4 Å². The summed E-state index contributed by atoms with van der Waals surface area (Å²) in [7, 11) is 0. The summed E-state index contributed by atoms with van der Waals surface area (Å²) in [6.07, 6.45) is 5.90. The Kier molecular flexibility index (Phi) is 5.13. The van der Waals surface area contributed by atoms with Gasteiger partial charge in [-0.25, -0.2) is 14.8 Å². The maximum atomic E-state index is 12.7. The highest BCUT2D eigenvalue weighted by Crippen LogP contribution is 2.32. The van der Waals surface area contributed by atoms with E-state index in [0.29, 0.717) is 24.7 Å². The molecule has 0 aromatic carbocycles. The van der Waals surface area contributed by atoms with Crippen molar-refractivity contribution in [1.82, 2.24) is 15.3 Å². The molecule has 2 N–H and O–H groups in total. The number of hydrogen-bond donors (Lipinski definition) is 2. The van der Waals surface area contributed by atoms with Gasteiger partial charge in [-0.3, -0.25) is 4.79 Å². The van der Waals surface area contributed by atoms with E-state index in [1.807, 2.05) is 4.90 Å². The first-order valence-electron chi connectivity index (χ1n) is 8.75. The van der Waals surface area contributed by atoms with E-state index in [4.69, 9.17) is 11.6 Å². The third-order valence-corrected chi connectivity index (χ3v) is 5.50. The molecule has 1 saturated heterocycles. The van der Waals surface area contributed by atoms with Crippen molar-refractivity contribution in [3.8, 4) is 0 Å². The molecule has 0 radical (unpaired) electrons. The maximum Gasteiger partial charge on any atom is 0.329 e. The summed E-state index contributed by atoms with van der Waals surface area (Å²) in [5.74, 6) is -0.620. The molecular weight excluding hydrogens is 344 g/mol. The van der Waals surface area contributed by atoms with Crippen molar-refractivity contribution in [1.29, 1.82) is 0 Å². The monoisotopic (exact) mass is 366 g/mol. The predicted octanol–water partition coefficient (Wildman–Crippen LogP) is 2.49. The van der Waals surface area contributed by atoms with Gasteiger partial charge >= 0.3 is 5.97 Å². The van der Waals surface area contributed by atoms with Crippen LogP contribution in [0.15, 0.2) is 6.20 Å². The van der Waals surface area contributed by atoms with Gasteiger partial charge in [0.25, 0.3) is 5.91 Å². The Hall–Kier alpha value is -1.89. The number of hydrogen-bond acceptors (Lipinski definition) is 5. The minimum Gasteiger partial charge on any atom is -0.480 e. The highest BCUT2D eigenvalue weighted by molar-refractivity contribution is 6.33. The lowest BCUT2D eigenvalue weighted by molar-refractivity contribution is -0.146. The molecule has 8 heteroatoms. The number of carbonyl (C=O) groups is 2. The minimum atomic E-state index is -1.24. The van der Waals surface area contributed by atoms with E-state index in [-0.39, 0.29) is 10.7 Å². The van der Waals surface area contributed by atoms with Crippen LogP contribution < -0.4 is 10.2 Å². The number of aliphatic carboxylic acids is 1. The smallest absolute Gasteiger partial charge is 0.329 e. The summed E-state index contributed by atoms with van der Waals surface area (Å²) in [6, 6.07) is 0. The van der Waals surface area contributed by atoms with Gasteiger partial charge in [0.1, 0.15) is 5.54 Å². The Morgan fingerprint density at radius 1 is 1.32 bits per heavy atom.